The molecule has 1 aromatic carbocycles. The van der Waals surface area contributed by atoms with E-state index in [2.05, 4.69) is 28.2 Å². The first-order valence-corrected chi connectivity index (χ1v) is 5.45. The fourth-order valence-electron chi connectivity index (χ4n) is 1.36. The molecule has 76 valence electrons. The Morgan fingerprint density at radius 2 is 2.00 bits per heavy atom. The first-order chi connectivity index (χ1) is 6.63. The van der Waals surface area contributed by atoms with Gasteiger partial charge in [-0.25, -0.2) is 0 Å². The van der Waals surface area contributed by atoms with Gasteiger partial charge in [-0.15, -0.1) is 0 Å². The molecule has 1 amide bonds. The molecule has 0 spiro atoms. The number of rotatable bonds is 3. The number of hydrogen-bond acceptors (Lipinski definition) is 1. The second-order valence-electron chi connectivity index (χ2n) is 3.21. The lowest BCUT2D eigenvalue weighted by atomic mass is 10.0. The van der Waals surface area contributed by atoms with Crippen LogP contribution in [0.3, 0.4) is 0 Å². The fraction of sp³-hybridized carbons (Fsp3) is 0.364. The van der Waals surface area contributed by atoms with E-state index in [1.165, 1.54) is 0 Å². The van der Waals surface area contributed by atoms with Crippen LogP contribution in [0.5, 0.6) is 0 Å². The minimum Gasteiger partial charge on any atom is -0.350 e. The van der Waals surface area contributed by atoms with E-state index in [0.717, 1.165) is 16.5 Å². The normalized spacial score (nSPS) is 12.2. The third kappa shape index (κ3) is 3.14. The van der Waals surface area contributed by atoms with Gasteiger partial charge in [-0.05, 0) is 24.1 Å². The van der Waals surface area contributed by atoms with E-state index in [4.69, 9.17) is 0 Å². The highest BCUT2D eigenvalue weighted by Gasteiger charge is 2.09. The van der Waals surface area contributed by atoms with Gasteiger partial charge in [0.2, 0.25) is 5.91 Å². The molecule has 1 N–H and O–H groups in total. The van der Waals surface area contributed by atoms with Crippen molar-refractivity contribution in [2.24, 2.45) is 0 Å². The Morgan fingerprint density at radius 1 is 1.43 bits per heavy atom. The zero-order chi connectivity index (χ0) is 10.6. The first kappa shape index (κ1) is 11.2. The smallest absolute Gasteiger partial charge is 0.217 e. The van der Waals surface area contributed by atoms with Crippen molar-refractivity contribution < 1.29 is 4.79 Å². The summed E-state index contributed by atoms with van der Waals surface area (Å²) in [5.74, 6) is 0.0137. The standard InChI is InChI=1S/C11H14BrNO/c1-3-11(13-8(2)14)9-4-6-10(12)7-5-9/h4-7,11H,3H2,1-2H3,(H,13,14)/t11-/m1/s1. The Morgan fingerprint density at radius 3 is 2.43 bits per heavy atom. The van der Waals surface area contributed by atoms with Gasteiger partial charge in [0.05, 0.1) is 6.04 Å². The van der Waals surface area contributed by atoms with Crippen LogP contribution in [0.1, 0.15) is 31.9 Å². The lowest BCUT2D eigenvalue weighted by Crippen LogP contribution is -2.25. The molecule has 0 bridgehead atoms. The molecule has 1 atom stereocenters. The van der Waals surface area contributed by atoms with Gasteiger partial charge in [-0.1, -0.05) is 35.0 Å². The van der Waals surface area contributed by atoms with Crippen LogP contribution < -0.4 is 5.32 Å². The molecule has 0 saturated carbocycles. The Bertz CT molecular complexity index is 308. The monoisotopic (exact) mass is 255 g/mol. The van der Waals surface area contributed by atoms with Gasteiger partial charge in [0.1, 0.15) is 0 Å². The van der Waals surface area contributed by atoms with Crippen LogP contribution in [-0.2, 0) is 4.79 Å². The molecule has 0 saturated heterocycles. The molecule has 0 aliphatic rings. The molecule has 1 rings (SSSR count). The lowest BCUT2D eigenvalue weighted by Gasteiger charge is -2.16. The SMILES string of the molecule is CC[C@@H](NC(C)=O)c1ccc(Br)cc1. The van der Waals surface area contributed by atoms with Gasteiger partial charge >= 0.3 is 0 Å². The number of nitrogens with one attached hydrogen (secondary N) is 1. The molecular weight excluding hydrogens is 242 g/mol. The average Bonchev–Trinajstić information content (AvgIpc) is 2.15. The summed E-state index contributed by atoms with van der Waals surface area (Å²) in [7, 11) is 0. The Hall–Kier alpha value is -0.830. The number of benzene rings is 1. The van der Waals surface area contributed by atoms with Crippen molar-refractivity contribution >= 4 is 21.8 Å². The topological polar surface area (TPSA) is 29.1 Å². The molecule has 3 heteroatoms. The molecule has 0 aliphatic heterocycles. The maximum Gasteiger partial charge on any atom is 0.217 e. The largest absolute Gasteiger partial charge is 0.350 e. The van der Waals surface area contributed by atoms with Crippen LogP contribution >= 0.6 is 15.9 Å². The van der Waals surface area contributed by atoms with Crippen molar-refractivity contribution in [1.29, 1.82) is 0 Å². The number of carbonyl (C=O) groups excluding carboxylic acids is 1. The summed E-state index contributed by atoms with van der Waals surface area (Å²) in [5.41, 5.74) is 1.14. The number of halogens is 1. The third-order valence-corrected chi connectivity index (χ3v) is 2.59. The van der Waals surface area contributed by atoms with Crippen LogP contribution in [0.2, 0.25) is 0 Å². The second-order valence-corrected chi connectivity index (χ2v) is 4.13. The first-order valence-electron chi connectivity index (χ1n) is 4.66. The minimum atomic E-state index is 0.0137. The fourth-order valence-corrected chi connectivity index (χ4v) is 1.63. The summed E-state index contributed by atoms with van der Waals surface area (Å²) < 4.78 is 1.05. The Labute approximate surface area is 92.8 Å². The van der Waals surface area contributed by atoms with E-state index in [1.807, 2.05) is 24.3 Å². The summed E-state index contributed by atoms with van der Waals surface area (Å²) in [4.78, 5) is 10.9. The van der Waals surface area contributed by atoms with E-state index in [1.54, 1.807) is 6.92 Å². The van der Waals surface area contributed by atoms with Gasteiger partial charge in [0.25, 0.3) is 0 Å². The van der Waals surface area contributed by atoms with Crippen molar-refractivity contribution in [3.63, 3.8) is 0 Å². The predicted molar refractivity (Wildman–Crippen MR) is 61.0 cm³/mol. The van der Waals surface area contributed by atoms with E-state index >= 15 is 0 Å². The van der Waals surface area contributed by atoms with E-state index < -0.39 is 0 Å². The van der Waals surface area contributed by atoms with Gasteiger partial charge in [-0.2, -0.15) is 0 Å². The molecule has 1 aromatic rings. The molecule has 14 heavy (non-hydrogen) atoms. The molecular formula is C11H14BrNO. The van der Waals surface area contributed by atoms with Gasteiger partial charge < -0.3 is 5.32 Å². The highest BCUT2D eigenvalue weighted by atomic mass is 79.9. The number of carbonyl (C=O) groups is 1. The van der Waals surface area contributed by atoms with E-state index in [0.29, 0.717) is 0 Å². The summed E-state index contributed by atoms with van der Waals surface area (Å²) in [6.07, 6.45) is 0.904. The molecule has 0 aromatic heterocycles. The third-order valence-electron chi connectivity index (χ3n) is 2.06. The predicted octanol–water partition coefficient (Wildman–Crippen LogP) is 3.04. The number of amides is 1. The van der Waals surface area contributed by atoms with Crippen molar-refractivity contribution in [3.05, 3.63) is 34.3 Å². The second kappa shape index (κ2) is 5.15. The van der Waals surface area contributed by atoms with Crippen LogP contribution in [0.4, 0.5) is 0 Å². The average molecular weight is 256 g/mol. The van der Waals surface area contributed by atoms with Crippen molar-refractivity contribution in [1.82, 2.24) is 5.32 Å². The summed E-state index contributed by atoms with van der Waals surface area (Å²) >= 11 is 3.38. The molecule has 0 aliphatic carbocycles. The summed E-state index contributed by atoms with van der Waals surface area (Å²) in [6.45, 7) is 3.60. The number of hydrogen-bond donors (Lipinski definition) is 1. The molecule has 0 unspecified atom stereocenters. The van der Waals surface area contributed by atoms with Crippen LogP contribution in [0.15, 0.2) is 28.7 Å². The molecule has 2 nitrogen and oxygen atoms in total. The maximum atomic E-state index is 10.9. The highest BCUT2D eigenvalue weighted by molar-refractivity contribution is 9.10. The molecule has 0 fully saturated rings. The minimum absolute atomic E-state index is 0.0137. The Balaban J connectivity index is 2.78. The zero-order valence-corrected chi connectivity index (χ0v) is 9.97. The van der Waals surface area contributed by atoms with Crippen molar-refractivity contribution in [3.8, 4) is 0 Å². The van der Waals surface area contributed by atoms with Crippen LogP contribution in [0.25, 0.3) is 0 Å². The van der Waals surface area contributed by atoms with Crippen LogP contribution in [0, 0.1) is 0 Å². The van der Waals surface area contributed by atoms with Crippen molar-refractivity contribution in [2.45, 2.75) is 26.3 Å². The van der Waals surface area contributed by atoms with Crippen LogP contribution in [-0.4, -0.2) is 5.91 Å². The maximum absolute atomic E-state index is 10.9. The quantitative estimate of drug-likeness (QED) is 0.884. The van der Waals surface area contributed by atoms with E-state index in [-0.39, 0.29) is 11.9 Å². The van der Waals surface area contributed by atoms with E-state index in [9.17, 15) is 4.79 Å². The summed E-state index contributed by atoms with van der Waals surface area (Å²) in [5, 5.41) is 2.91. The van der Waals surface area contributed by atoms with Gasteiger partial charge in [0, 0.05) is 11.4 Å². The van der Waals surface area contributed by atoms with Gasteiger partial charge in [-0.3, -0.25) is 4.79 Å². The molecule has 0 heterocycles. The lowest BCUT2D eigenvalue weighted by molar-refractivity contribution is -0.119. The zero-order valence-electron chi connectivity index (χ0n) is 8.38. The highest BCUT2D eigenvalue weighted by Crippen LogP contribution is 2.19. The van der Waals surface area contributed by atoms with Crippen molar-refractivity contribution in [2.75, 3.05) is 0 Å². The molecule has 0 radical (unpaired) electrons. The summed E-state index contributed by atoms with van der Waals surface area (Å²) in [6, 6.07) is 8.14. The Kier molecular flexibility index (Phi) is 4.14. The van der Waals surface area contributed by atoms with Gasteiger partial charge in [0.15, 0.2) is 0 Å².